The second kappa shape index (κ2) is 7.79. The second-order valence-electron chi connectivity index (χ2n) is 5.88. The monoisotopic (exact) mass is 334 g/mol. The van der Waals surface area contributed by atoms with Crippen molar-refractivity contribution in [3.8, 4) is 5.75 Å². The maximum Gasteiger partial charge on any atom is 0.272 e. The number of nitrogens with zero attached hydrogens (tertiary/aromatic N) is 2. The zero-order valence-corrected chi connectivity index (χ0v) is 14.6. The number of fused-ring (bicyclic) bond motifs is 1. The molecule has 0 unspecified atom stereocenters. The van der Waals surface area contributed by atoms with Gasteiger partial charge >= 0.3 is 0 Å². The van der Waals surface area contributed by atoms with Crippen molar-refractivity contribution in [2.45, 2.75) is 13.3 Å². The van der Waals surface area contributed by atoms with Crippen molar-refractivity contribution in [2.24, 2.45) is 0 Å². The number of aromatic nitrogens is 1. The van der Waals surface area contributed by atoms with Gasteiger partial charge in [-0.1, -0.05) is 36.4 Å². The zero-order valence-electron chi connectivity index (χ0n) is 14.6. The fourth-order valence-corrected chi connectivity index (χ4v) is 2.82. The zero-order chi connectivity index (χ0) is 17.6. The molecule has 0 bridgehead atoms. The fraction of sp³-hybridized carbons (Fsp3) is 0.238. The molecule has 0 fully saturated rings. The summed E-state index contributed by atoms with van der Waals surface area (Å²) in [5, 5.41) is 0.961. The van der Waals surface area contributed by atoms with Gasteiger partial charge in [-0.3, -0.25) is 4.79 Å². The molecule has 128 valence electrons. The van der Waals surface area contributed by atoms with E-state index < -0.39 is 0 Å². The lowest BCUT2D eigenvalue weighted by Crippen LogP contribution is -2.33. The lowest BCUT2D eigenvalue weighted by atomic mass is 10.1. The third-order valence-electron chi connectivity index (χ3n) is 4.30. The Hall–Kier alpha value is -2.88. The summed E-state index contributed by atoms with van der Waals surface area (Å²) >= 11 is 0. The Morgan fingerprint density at radius 3 is 2.60 bits per heavy atom. The summed E-state index contributed by atoms with van der Waals surface area (Å²) < 4.78 is 5.23. The predicted molar refractivity (Wildman–Crippen MR) is 100 cm³/mol. The summed E-state index contributed by atoms with van der Waals surface area (Å²) in [5.74, 6) is 0.752. The minimum atomic E-state index is -0.0313. The molecule has 3 aromatic rings. The van der Waals surface area contributed by atoms with Crippen LogP contribution in [0.1, 0.15) is 23.0 Å². The first kappa shape index (κ1) is 17.0. The molecule has 2 aromatic carbocycles. The van der Waals surface area contributed by atoms with E-state index >= 15 is 0 Å². The Labute approximate surface area is 148 Å². The van der Waals surface area contributed by atoms with E-state index in [4.69, 9.17) is 4.74 Å². The Kier molecular flexibility index (Phi) is 5.29. The Morgan fingerprint density at radius 1 is 1.08 bits per heavy atom. The average molecular weight is 334 g/mol. The molecule has 4 nitrogen and oxygen atoms in total. The minimum Gasteiger partial charge on any atom is -0.497 e. The molecule has 0 saturated heterocycles. The van der Waals surface area contributed by atoms with Gasteiger partial charge in [-0.05, 0) is 43.2 Å². The van der Waals surface area contributed by atoms with Crippen LogP contribution in [0.4, 0.5) is 0 Å². The van der Waals surface area contributed by atoms with E-state index in [0.29, 0.717) is 18.8 Å². The molecule has 0 aliphatic carbocycles. The van der Waals surface area contributed by atoms with E-state index in [1.807, 2.05) is 54.3 Å². The molecule has 1 aromatic heterocycles. The molecule has 3 rings (SSSR count). The molecule has 25 heavy (non-hydrogen) atoms. The van der Waals surface area contributed by atoms with Gasteiger partial charge in [-0.2, -0.15) is 0 Å². The lowest BCUT2D eigenvalue weighted by Gasteiger charge is -2.20. The first-order valence-electron chi connectivity index (χ1n) is 8.49. The van der Waals surface area contributed by atoms with Crippen LogP contribution in [0.15, 0.2) is 60.7 Å². The maximum absolute atomic E-state index is 12.8. The van der Waals surface area contributed by atoms with Crippen LogP contribution >= 0.6 is 0 Å². The van der Waals surface area contributed by atoms with Crippen LogP contribution in [0.3, 0.4) is 0 Å². The minimum absolute atomic E-state index is 0.0313. The van der Waals surface area contributed by atoms with Gasteiger partial charge in [0.15, 0.2) is 0 Å². The number of benzene rings is 2. The van der Waals surface area contributed by atoms with E-state index in [9.17, 15) is 4.79 Å². The summed E-state index contributed by atoms with van der Waals surface area (Å²) in [6.45, 7) is 3.34. The summed E-state index contributed by atoms with van der Waals surface area (Å²) in [7, 11) is 1.64. The molecule has 1 amide bonds. The molecule has 0 atom stereocenters. The van der Waals surface area contributed by atoms with Crippen LogP contribution in [0.2, 0.25) is 0 Å². The molecule has 0 radical (unpaired) electrons. The largest absolute Gasteiger partial charge is 0.497 e. The molecule has 1 heterocycles. The molecule has 0 saturated carbocycles. The van der Waals surface area contributed by atoms with Gasteiger partial charge in [0, 0.05) is 18.5 Å². The molecule has 4 heteroatoms. The van der Waals surface area contributed by atoms with Crippen molar-refractivity contribution >= 4 is 16.8 Å². The predicted octanol–water partition coefficient (Wildman–Crippen LogP) is 3.95. The number of likely N-dealkylation sites (N-methyl/N-ethyl adjacent to an activating group) is 1. The second-order valence-corrected chi connectivity index (χ2v) is 5.88. The van der Waals surface area contributed by atoms with Gasteiger partial charge < -0.3 is 9.64 Å². The summed E-state index contributed by atoms with van der Waals surface area (Å²) in [6.07, 6.45) is 0.838. The number of hydrogen-bond donors (Lipinski definition) is 0. The highest BCUT2D eigenvalue weighted by molar-refractivity contribution is 5.95. The number of hydrogen-bond acceptors (Lipinski definition) is 3. The van der Waals surface area contributed by atoms with Gasteiger partial charge in [-0.15, -0.1) is 0 Å². The van der Waals surface area contributed by atoms with E-state index in [0.717, 1.165) is 23.1 Å². The third kappa shape index (κ3) is 3.97. The molecule has 0 spiro atoms. The van der Waals surface area contributed by atoms with Crippen LogP contribution in [-0.4, -0.2) is 36.0 Å². The van der Waals surface area contributed by atoms with Gasteiger partial charge in [0.05, 0.1) is 12.6 Å². The summed E-state index contributed by atoms with van der Waals surface area (Å²) in [4.78, 5) is 19.2. The number of pyridine rings is 1. The first-order chi connectivity index (χ1) is 12.2. The fourth-order valence-electron chi connectivity index (χ4n) is 2.82. The number of ether oxygens (including phenoxy) is 1. The van der Waals surface area contributed by atoms with E-state index in [2.05, 4.69) is 17.1 Å². The number of carbonyl (C=O) groups is 1. The normalized spacial score (nSPS) is 10.6. The van der Waals surface area contributed by atoms with Crippen molar-refractivity contribution in [2.75, 3.05) is 20.2 Å². The van der Waals surface area contributed by atoms with E-state index in [1.165, 1.54) is 5.56 Å². The molecule has 0 N–H and O–H groups in total. The van der Waals surface area contributed by atoms with Crippen molar-refractivity contribution in [1.82, 2.24) is 9.88 Å². The SMILES string of the molecule is CCN(CCc1ccccc1)C(=O)c1ccc2cc(OC)ccc2n1. The quantitative estimate of drug-likeness (QED) is 0.685. The van der Waals surface area contributed by atoms with Crippen LogP contribution in [0.25, 0.3) is 10.9 Å². The first-order valence-corrected chi connectivity index (χ1v) is 8.49. The smallest absolute Gasteiger partial charge is 0.272 e. The standard InChI is InChI=1S/C21H22N2O2/c1-3-23(14-13-16-7-5-4-6-8-16)21(24)20-11-9-17-15-18(25-2)10-12-19(17)22-20/h4-12,15H,3,13-14H2,1-2H3. The van der Waals surface area contributed by atoms with Crippen molar-refractivity contribution in [3.05, 3.63) is 71.9 Å². The van der Waals surface area contributed by atoms with Gasteiger partial charge in [0.2, 0.25) is 0 Å². The Bertz CT molecular complexity index is 862. The third-order valence-corrected chi connectivity index (χ3v) is 4.30. The number of carbonyl (C=O) groups excluding carboxylic acids is 1. The van der Waals surface area contributed by atoms with Gasteiger partial charge in [0.1, 0.15) is 11.4 Å². The number of rotatable bonds is 6. The molecule has 0 aliphatic rings. The highest BCUT2D eigenvalue weighted by atomic mass is 16.5. The highest BCUT2D eigenvalue weighted by Gasteiger charge is 2.16. The molecular weight excluding hydrogens is 312 g/mol. The molecule has 0 aliphatic heterocycles. The molecular formula is C21H22N2O2. The number of amides is 1. The number of methoxy groups -OCH3 is 1. The van der Waals surface area contributed by atoms with Crippen LogP contribution < -0.4 is 4.74 Å². The van der Waals surface area contributed by atoms with Crippen molar-refractivity contribution < 1.29 is 9.53 Å². The van der Waals surface area contributed by atoms with Crippen LogP contribution in [0, 0.1) is 0 Å². The van der Waals surface area contributed by atoms with E-state index in [-0.39, 0.29) is 5.91 Å². The van der Waals surface area contributed by atoms with Gasteiger partial charge in [-0.25, -0.2) is 4.98 Å². The Balaban J connectivity index is 1.76. The summed E-state index contributed by atoms with van der Waals surface area (Å²) in [6, 6.07) is 19.6. The topological polar surface area (TPSA) is 42.4 Å². The average Bonchev–Trinajstić information content (AvgIpc) is 2.68. The Morgan fingerprint density at radius 2 is 1.88 bits per heavy atom. The maximum atomic E-state index is 12.8. The van der Waals surface area contributed by atoms with Gasteiger partial charge in [0.25, 0.3) is 5.91 Å². The lowest BCUT2D eigenvalue weighted by molar-refractivity contribution is 0.0761. The van der Waals surface area contributed by atoms with E-state index in [1.54, 1.807) is 13.2 Å². The van der Waals surface area contributed by atoms with Crippen molar-refractivity contribution in [3.63, 3.8) is 0 Å². The van der Waals surface area contributed by atoms with Crippen molar-refractivity contribution in [1.29, 1.82) is 0 Å². The highest BCUT2D eigenvalue weighted by Crippen LogP contribution is 2.20. The summed E-state index contributed by atoms with van der Waals surface area (Å²) in [5.41, 5.74) is 2.51. The van der Waals surface area contributed by atoms with Crippen LogP contribution in [0.5, 0.6) is 5.75 Å². The van der Waals surface area contributed by atoms with Crippen LogP contribution in [-0.2, 0) is 6.42 Å².